The van der Waals surface area contributed by atoms with Crippen molar-refractivity contribution in [1.82, 2.24) is 4.31 Å². The zero-order chi connectivity index (χ0) is 21.6. The van der Waals surface area contributed by atoms with Gasteiger partial charge in [0.25, 0.3) is 0 Å². The fourth-order valence-electron chi connectivity index (χ4n) is 2.97. The number of benzene rings is 2. The molecule has 0 unspecified atom stereocenters. The number of rotatable bonds is 8. The Balaban J connectivity index is 1.63. The highest BCUT2D eigenvalue weighted by Gasteiger charge is 2.26. The number of carbonyl (C=O) groups excluding carboxylic acids is 1. The molecule has 2 N–H and O–H groups in total. The normalized spacial score (nSPS) is 14.7. The predicted octanol–water partition coefficient (Wildman–Crippen LogP) is 1.78. The number of nitrogens with one attached hydrogen (secondary N) is 2. The number of carbonyl (C=O) groups is 1. The summed E-state index contributed by atoms with van der Waals surface area (Å²) < 4.78 is 42.6. The summed E-state index contributed by atoms with van der Waals surface area (Å²) in [5.74, 6) is 0.809. The maximum absolute atomic E-state index is 12.8. The second kappa shape index (κ2) is 9.79. The van der Waals surface area contributed by atoms with Crippen molar-refractivity contribution in [2.24, 2.45) is 0 Å². The van der Waals surface area contributed by atoms with E-state index in [4.69, 9.17) is 14.2 Å². The molecule has 1 saturated heterocycles. The molecule has 3 rings (SSSR count). The van der Waals surface area contributed by atoms with Crippen LogP contribution in [-0.4, -0.2) is 65.7 Å². The molecule has 2 aromatic rings. The van der Waals surface area contributed by atoms with E-state index in [1.54, 1.807) is 36.4 Å². The minimum atomic E-state index is -3.60. The van der Waals surface area contributed by atoms with Crippen LogP contribution in [0.3, 0.4) is 0 Å². The van der Waals surface area contributed by atoms with Crippen molar-refractivity contribution in [1.29, 1.82) is 0 Å². The maximum atomic E-state index is 12.8. The van der Waals surface area contributed by atoms with Crippen LogP contribution >= 0.6 is 0 Å². The number of ether oxygens (including phenoxy) is 3. The molecule has 1 fully saturated rings. The van der Waals surface area contributed by atoms with Gasteiger partial charge in [0.05, 0.1) is 38.9 Å². The molecular weight excluding hydrogens is 410 g/mol. The first kappa shape index (κ1) is 21.9. The highest BCUT2D eigenvalue weighted by Crippen LogP contribution is 2.26. The van der Waals surface area contributed by atoms with Gasteiger partial charge in [0.15, 0.2) is 0 Å². The van der Waals surface area contributed by atoms with E-state index in [0.29, 0.717) is 49.2 Å². The summed E-state index contributed by atoms with van der Waals surface area (Å²) in [4.78, 5) is 12.5. The summed E-state index contributed by atoms with van der Waals surface area (Å²) >= 11 is 0. The van der Waals surface area contributed by atoms with E-state index >= 15 is 0 Å². The van der Waals surface area contributed by atoms with Gasteiger partial charge in [-0.3, -0.25) is 4.79 Å². The van der Waals surface area contributed by atoms with Gasteiger partial charge in [-0.1, -0.05) is 6.07 Å². The van der Waals surface area contributed by atoms with Gasteiger partial charge in [-0.15, -0.1) is 0 Å². The van der Waals surface area contributed by atoms with Crippen LogP contribution in [0.1, 0.15) is 0 Å². The minimum Gasteiger partial charge on any atom is -0.497 e. The molecule has 0 radical (unpaired) electrons. The number of anilines is 2. The molecule has 0 bridgehead atoms. The van der Waals surface area contributed by atoms with E-state index < -0.39 is 10.0 Å². The van der Waals surface area contributed by atoms with Crippen LogP contribution in [0.15, 0.2) is 47.4 Å². The van der Waals surface area contributed by atoms with Crippen molar-refractivity contribution in [3.63, 3.8) is 0 Å². The Morgan fingerprint density at radius 3 is 2.33 bits per heavy atom. The van der Waals surface area contributed by atoms with E-state index in [2.05, 4.69) is 10.6 Å². The first-order valence-corrected chi connectivity index (χ1v) is 10.8. The monoisotopic (exact) mass is 435 g/mol. The van der Waals surface area contributed by atoms with Crippen LogP contribution in [0.25, 0.3) is 0 Å². The molecule has 0 spiro atoms. The van der Waals surface area contributed by atoms with Crippen molar-refractivity contribution in [2.75, 3.05) is 57.7 Å². The molecule has 2 aromatic carbocycles. The molecular formula is C20H25N3O6S. The fraction of sp³-hybridized carbons (Fsp3) is 0.350. The summed E-state index contributed by atoms with van der Waals surface area (Å²) in [7, 11) is -0.547. The van der Waals surface area contributed by atoms with Crippen molar-refractivity contribution in [3.8, 4) is 11.5 Å². The fourth-order valence-corrected chi connectivity index (χ4v) is 4.42. The Bertz CT molecular complexity index is 968. The summed E-state index contributed by atoms with van der Waals surface area (Å²) in [5.41, 5.74) is 1.06. The van der Waals surface area contributed by atoms with E-state index in [1.165, 1.54) is 24.6 Å². The zero-order valence-corrected chi connectivity index (χ0v) is 17.7. The van der Waals surface area contributed by atoms with Gasteiger partial charge in [0, 0.05) is 42.7 Å². The SMILES string of the molecule is COc1cc(NC(=O)CNc2cccc(S(=O)(=O)N3CCOCC3)c2)cc(OC)c1. The third kappa shape index (κ3) is 5.41. The molecule has 0 atom stereocenters. The van der Waals surface area contributed by atoms with E-state index in [9.17, 15) is 13.2 Å². The molecule has 162 valence electrons. The standard InChI is InChI=1S/C20H25N3O6S/c1-27-17-10-16(11-18(13-17)28-2)22-20(24)14-21-15-4-3-5-19(12-15)30(25,26)23-6-8-29-9-7-23/h3-5,10-13,21H,6-9,14H2,1-2H3,(H,22,24). The molecule has 1 amide bonds. The van der Waals surface area contributed by atoms with Crippen LogP contribution in [0.5, 0.6) is 11.5 Å². The topological polar surface area (TPSA) is 106 Å². The number of nitrogens with zero attached hydrogens (tertiary/aromatic N) is 1. The molecule has 1 heterocycles. The van der Waals surface area contributed by atoms with E-state index in [1.807, 2.05) is 0 Å². The lowest BCUT2D eigenvalue weighted by Gasteiger charge is -2.26. The minimum absolute atomic E-state index is 0.0411. The molecule has 30 heavy (non-hydrogen) atoms. The maximum Gasteiger partial charge on any atom is 0.243 e. The molecule has 9 nitrogen and oxygen atoms in total. The smallest absolute Gasteiger partial charge is 0.243 e. The average molecular weight is 436 g/mol. The Morgan fingerprint density at radius 1 is 1.03 bits per heavy atom. The molecule has 0 saturated carbocycles. The Morgan fingerprint density at radius 2 is 1.70 bits per heavy atom. The number of amides is 1. The van der Waals surface area contributed by atoms with Crippen molar-refractivity contribution in [3.05, 3.63) is 42.5 Å². The first-order chi connectivity index (χ1) is 14.4. The Labute approximate surface area is 176 Å². The second-order valence-corrected chi connectivity index (χ2v) is 8.49. The Hall–Kier alpha value is -2.82. The first-order valence-electron chi connectivity index (χ1n) is 9.37. The summed E-state index contributed by atoms with van der Waals surface area (Å²) in [6.45, 7) is 1.37. The highest BCUT2D eigenvalue weighted by atomic mass is 32.2. The van der Waals surface area contributed by atoms with Crippen LogP contribution in [0, 0.1) is 0 Å². The lowest BCUT2D eigenvalue weighted by atomic mass is 10.2. The van der Waals surface area contributed by atoms with Crippen LogP contribution in [0.4, 0.5) is 11.4 Å². The van der Waals surface area contributed by atoms with Crippen LogP contribution in [0.2, 0.25) is 0 Å². The second-order valence-electron chi connectivity index (χ2n) is 6.55. The Kier molecular flexibility index (Phi) is 7.14. The van der Waals surface area contributed by atoms with Gasteiger partial charge in [-0.05, 0) is 18.2 Å². The van der Waals surface area contributed by atoms with Gasteiger partial charge in [-0.25, -0.2) is 8.42 Å². The zero-order valence-electron chi connectivity index (χ0n) is 16.9. The highest BCUT2D eigenvalue weighted by molar-refractivity contribution is 7.89. The molecule has 1 aliphatic rings. The largest absolute Gasteiger partial charge is 0.497 e. The van der Waals surface area contributed by atoms with Gasteiger partial charge < -0.3 is 24.8 Å². The molecule has 1 aliphatic heterocycles. The number of hydrogen-bond acceptors (Lipinski definition) is 7. The number of morpholine rings is 1. The molecule has 10 heteroatoms. The van der Waals surface area contributed by atoms with Crippen molar-refractivity contribution < 1.29 is 27.4 Å². The molecule has 0 aromatic heterocycles. The van der Waals surface area contributed by atoms with Crippen molar-refractivity contribution in [2.45, 2.75) is 4.90 Å². The van der Waals surface area contributed by atoms with Crippen LogP contribution < -0.4 is 20.1 Å². The summed E-state index contributed by atoms with van der Waals surface area (Å²) in [5, 5.41) is 5.71. The van der Waals surface area contributed by atoms with E-state index in [-0.39, 0.29) is 17.3 Å². The predicted molar refractivity (Wildman–Crippen MR) is 113 cm³/mol. The van der Waals surface area contributed by atoms with Gasteiger partial charge in [0.1, 0.15) is 11.5 Å². The lowest BCUT2D eigenvalue weighted by Crippen LogP contribution is -2.40. The van der Waals surface area contributed by atoms with Gasteiger partial charge in [0.2, 0.25) is 15.9 Å². The lowest BCUT2D eigenvalue weighted by molar-refractivity contribution is -0.114. The summed E-state index contributed by atoms with van der Waals surface area (Å²) in [6, 6.07) is 11.5. The molecule has 0 aliphatic carbocycles. The van der Waals surface area contributed by atoms with Crippen LogP contribution in [-0.2, 0) is 19.6 Å². The third-order valence-electron chi connectivity index (χ3n) is 4.53. The van der Waals surface area contributed by atoms with E-state index in [0.717, 1.165) is 0 Å². The summed E-state index contributed by atoms with van der Waals surface area (Å²) in [6.07, 6.45) is 0. The number of methoxy groups -OCH3 is 2. The number of sulfonamides is 1. The van der Waals surface area contributed by atoms with Crippen molar-refractivity contribution >= 4 is 27.3 Å². The van der Waals surface area contributed by atoms with Gasteiger partial charge in [-0.2, -0.15) is 4.31 Å². The average Bonchev–Trinajstić information content (AvgIpc) is 2.78. The third-order valence-corrected chi connectivity index (χ3v) is 6.42. The number of hydrogen-bond donors (Lipinski definition) is 2. The quantitative estimate of drug-likeness (QED) is 0.651. The van der Waals surface area contributed by atoms with Gasteiger partial charge >= 0.3 is 0 Å².